The number of hydrogen-bond donors (Lipinski definition) is 2. The van der Waals surface area contributed by atoms with E-state index in [4.69, 9.17) is 16.3 Å². The summed E-state index contributed by atoms with van der Waals surface area (Å²) in [4.78, 5) is 14.5. The van der Waals surface area contributed by atoms with Crippen LogP contribution < -0.4 is 10.1 Å². The van der Waals surface area contributed by atoms with Crippen molar-refractivity contribution < 1.29 is 14.6 Å². The molecule has 1 amide bonds. The van der Waals surface area contributed by atoms with Crippen LogP contribution in [0.1, 0.15) is 52.5 Å². The van der Waals surface area contributed by atoms with Gasteiger partial charge in [0.2, 0.25) is 5.91 Å². The smallest absolute Gasteiger partial charge is 0.234 e. The Bertz CT molecular complexity index is 616. The van der Waals surface area contributed by atoms with E-state index in [-0.39, 0.29) is 18.1 Å². The summed E-state index contributed by atoms with van der Waals surface area (Å²) in [6.45, 7) is 9.29. The van der Waals surface area contributed by atoms with Crippen LogP contribution in [0.4, 0.5) is 0 Å². The molecule has 2 N–H and O–H groups in total. The standard InChI is InChI=1S/C20H31ClN2O3/c1-14(6-5-9-20(3,4)25)22-19(24)13-23-11-15(2)26-18-8-7-17(21)10-16(18)12-23/h7-8,10,14-15,25H,5-6,9,11-13H2,1-4H3,(H,22,24). The Morgan fingerprint density at radius 2 is 2.23 bits per heavy atom. The molecular weight excluding hydrogens is 352 g/mol. The molecule has 2 atom stereocenters. The Hall–Kier alpha value is -1.30. The molecule has 0 saturated heterocycles. The van der Waals surface area contributed by atoms with E-state index < -0.39 is 5.60 Å². The Kier molecular flexibility index (Phi) is 7.33. The number of halogens is 1. The molecule has 0 aromatic heterocycles. The number of hydrogen-bond acceptors (Lipinski definition) is 4. The third-order valence-corrected chi connectivity index (χ3v) is 4.70. The molecule has 1 heterocycles. The van der Waals surface area contributed by atoms with Gasteiger partial charge in [-0.15, -0.1) is 0 Å². The number of amides is 1. The van der Waals surface area contributed by atoms with Crippen molar-refractivity contribution in [3.05, 3.63) is 28.8 Å². The molecule has 0 saturated carbocycles. The molecule has 1 aromatic carbocycles. The lowest BCUT2D eigenvalue weighted by Gasteiger charge is -2.23. The molecule has 26 heavy (non-hydrogen) atoms. The summed E-state index contributed by atoms with van der Waals surface area (Å²) in [5, 5.41) is 13.5. The second kappa shape index (κ2) is 9.07. The molecule has 0 spiro atoms. The number of carbonyl (C=O) groups is 1. The van der Waals surface area contributed by atoms with E-state index in [9.17, 15) is 9.90 Å². The van der Waals surface area contributed by atoms with Gasteiger partial charge in [0, 0.05) is 29.7 Å². The van der Waals surface area contributed by atoms with Crippen LogP contribution in [0.5, 0.6) is 5.75 Å². The maximum atomic E-state index is 12.4. The highest BCUT2D eigenvalue weighted by atomic mass is 35.5. The van der Waals surface area contributed by atoms with Crippen molar-refractivity contribution in [3.63, 3.8) is 0 Å². The molecule has 146 valence electrons. The number of benzene rings is 1. The molecule has 2 rings (SSSR count). The van der Waals surface area contributed by atoms with Gasteiger partial charge in [0.1, 0.15) is 11.9 Å². The van der Waals surface area contributed by atoms with Crippen molar-refractivity contribution in [3.8, 4) is 5.75 Å². The minimum atomic E-state index is -0.652. The fourth-order valence-corrected chi connectivity index (χ4v) is 3.46. The van der Waals surface area contributed by atoms with Gasteiger partial charge < -0.3 is 15.2 Å². The van der Waals surface area contributed by atoms with Crippen molar-refractivity contribution in [1.29, 1.82) is 0 Å². The van der Waals surface area contributed by atoms with Gasteiger partial charge in [-0.1, -0.05) is 11.6 Å². The van der Waals surface area contributed by atoms with Gasteiger partial charge in [-0.25, -0.2) is 0 Å². The number of ether oxygens (including phenoxy) is 1. The Morgan fingerprint density at radius 1 is 1.50 bits per heavy atom. The average molecular weight is 383 g/mol. The van der Waals surface area contributed by atoms with Crippen molar-refractivity contribution in [2.24, 2.45) is 0 Å². The number of rotatable bonds is 7. The van der Waals surface area contributed by atoms with Crippen LogP contribution in [0.25, 0.3) is 0 Å². The van der Waals surface area contributed by atoms with E-state index >= 15 is 0 Å². The highest BCUT2D eigenvalue weighted by Crippen LogP contribution is 2.27. The average Bonchev–Trinajstić information content (AvgIpc) is 2.62. The molecule has 0 bridgehead atoms. The molecule has 2 unspecified atom stereocenters. The SMILES string of the molecule is CC(CCCC(C)(C)O)NC(=O)CN1Cc2cc(Cl)ccc2OC(C)C1. The number of fused-ring (bicyclic) bond motifs is 1. The molecule has 5 nitrogen and oxygen atoms in total. The Morgan fingerprint density at radius 3 is 2.92 bits per heavy atom. The molecule has 0 aliphatic carbocycles. The van der Waals surface area contributed by atoms with Crippen molar-refractivity contribution >= 4 is 17.5 Å². The zero-order chi connectivity index (χ0) is 19.3. The van der Waals surface area contributed by atoms with Crippen LogP contribution in [-0.2, 0) is 11.3 Å². The third kappa shape index (κ3) is 7.14. The summed E-state index contributed by atoms with van der Waals surface area (Å²) in [5.74, 6) is 0.850. The molecular formula is C20H31ClN2O3. The van der Waals surface area contributed by atoms with Gasteiger partial charge in [0.05, 0.1) is 12.1 Å². The van der Waals surface area contributed by atoms with Crippen LogP contribution in [0, 0.1) is 0 Å². The quantitative estimate of drug-likeness (QED) is 0.759. The first-order chi connectivity index (χ1) is 12.1. The fraction of sp³-hybridized carbons (Fsp3) is 0.650. The van der Waals surface area contributed by atoms with E-state index in [0.29, 0.717) is 24.7 Å². The Balaban J connectivity index is 1.86. The molecule has 1 aliphatic heterocycles. The normalized spacial score (nSPS) is 19.2. The summed E-state index contributed by atoms with van der Waals surface area (Å²) >= 11 is 6.10. The van der Waals surface area contributed by atoms with Crippen molar-refractivity contribution in [2.75, 3.05) is 13.1 Å². The van der Waals surface area contributed by atoms with Gasteiger partial charge in [-0.05, 0) is 65.2 Å². The summed E-state index contributed by atoms with van der Waals surface area (Å²) in [6.07, 6.45) is 2.47. The molecule has 1 aromatic rings. The number of nitrogens with zero attached hydrogens (tertiary/aromatic N) is 1. The van der Waals surface area contributed by atoms with Gasteiger partial charge >= 0.3 is 0 Å². The van der Waals surface area contributed by atoms with Gasteiger partial charge in [-0.3, -0.25) is 9.69 Å². The van der Waals surface area contributed by atoms with E-state index in [0.717, 1.165) is 30.6 Å². The molecule has 6 heteroatoms. The largest absolute Gasteiger partial charge is 0.489 e. The van der Waals surface area contributed by atoms with E-state index in [1.807, 2.05) is 45.9 Å². The van der Waals surface area contributed by atoms with Crippen LogP contribution in [0.2, 0.25) is 5.02 Å². The maximum Gasteiger partial charge on any atom is 0.234 e. The first kappa shape index (κ1) is 21.0. The Labute approximate surface area is 161 Å². The first-order valence-corrected chi connectivity index (χ1v) is 9.69. The second-order valence-corrected chi connectivity index (χ2v) is 8.46. The first-order valence-electron chi connectivity index (χ1n) is 9.31. The van der Waals surface area contributed by atoms with Gasteiger partial charge in [0.15, 0.2) is 0 Å². The minimum absolute atomic E-state index is 0.00874. The van der Waals surface area contributed by atoms with Crippen LogP contribution in [0.3, 0.4) is 0 Å². The van der Waals surface area contributed by atoms with Gasteiger partial charge in [-0.2, -0.15) is 0 Å². The lowest BCUT2D eigenvalue weighted by molar-refractivity contribution is -0.123. The highest BCUT2D eigenvalue weighted by molar-refractivity contribution is 6.30. The van der Waals surface area contributed by atoms with E-state index in [1.54, 1.807) is 0 Å². The fourth-order valence-electron chi connectivity index (χ4n) is 3.27. The number of nitrogens with one attached hydrogen (secondary N) is 1. The molecule has 1 aliphatic rings. The summed E-state index contributed by atoms with van der Waals surface area (Å²) in [5.41, 5.74) is 0.355. The highest BCUT2D eigenvalue weighted by Gasteiger charge is 2.22. The van der Waals surface area contributed by atoms with Crippen molar-refractivity contribution in [2.45, 2.75) is 71.2 Å². The van der Waals surface area contributed by atoms with Crippen molar-refractivity contribution in [1.82, 2.24) is 10.2 Å². The third-order valence-electron chi connectivity index (χ3n) is 4.46. The van der Waals surface area contributed by atoms with Crippen LogP contribution in [0.15, 0.2) is 18.2 Å². The number of aliphatic hydroxyl groups is 1. The minimum Gasteiger partial charge on any atom is -0.489 e. The summed E-state index contributed by atoms with van der Waals surface area (Å²) in [6, 6.07) is 5.71. The summed E-state index contributed by atoms with van der Waals surface area (Å²) < 4.78 is 5.93. The predicted octanol–water partition coefficient (Wildman–Crippen LogP) is 3.37. The zero-order valence-electron chi connectivity index (χ0n) is 16.2. The monoisotopic (exact) mass is 382 g/mol. The van der Waals surface area contributed by atoms with Crippen LogP contribution >= 0.6 is 11.6 Å². The topological polar surface area (TPSA) is 61.8 Å². The second-order valence-electron chi connectivity index (χ2n) is 8.02. The van der Waals surface area contributed by atoms with Crippen LogP contribution in [-0.4, -0.2) is 46.7 Å². The van der Waals surface area contributed by atoms with E-state index in [2.05, 4.69) is 10.2 Å². The molecule has 0 fully saturated rings. The number of carbonyl (C=O) groups excluding carboxylic acids is 1. The predicted molar refractivity (Wildman–Crippen MR) is 105 cm³/mol. The van der Waals surface area contributed by atoms with Gasteiger partial charge in [0.25, 0.3) is 0 Å². The zero-order valence-corrected chi connectivity index (χ0v) is 17.0. The lowest BCUT2D eigenvalue weighted by atomic mass is 10.00. The van der Waals surface area contributed by atoms with E-state index in [1.165, 1.54) is 0 Å². The maximum absolute atomic E-state index is 12.4. The lowest BCUT2D eigenvalue weighted by Crippen LogP contribution is -2.42. The summed E-state index contributed by atoms with van der Waals surface area (Å²) in [7, 11) is 0. The molecule has 0 radical (unpaired) electrons.